The molecule has 0 saturated heterocycles. The Labute approximate surface area is 498 Å². The van der Waals surface area contributed by atoms with Crippen molar-refractivity contribution in [2.24, 2.45) is 0 Å². The number of rotatable bonds is 8. The second-order valence-electron chi connectivity index (χ2n) is 20.7. The summed E-state index contributed by atoms with van der Waals surface area (Å²) >= 11 is 0. The van der Waals surface area contributed by atoms with Crippen LogP contribution in [0.5, 0.6) is 0 Å². The van der Waals surface area contributed by atoms with E-state index in [1.54, 1.807) is 0 Å². The average molecular weight is 1270 g/mol. The summed E-state index contributed by atoms with van der Waals surface area (Å²) in [6, 6.07) is 85.8. The number of aliphatic hydroxyl groups is 1. The molecule has 10 heteroatoms. The Kier molecular flexibility index (Phi) is 15.1. The monoisotopic (exact) mass is 1270 g/mol. The molecule has 0 fully saturated rings. The third-order valence-corrected chi connectivity index (χ3v) is 14.8. The molecule has 9 nitrogen and oxygen atoms in total. The topological polar surface area (TPSA) is 112 Å². The number of aryl methyl sites for hydroxylation is 2. The number of oxazole rings is 2. The fraction of sp³-hybridized carbons (Fsp3) is 0.0541. The van der Waals surface area contributed by atoms with Crippen LogP contribution in [0.1, 0.15) is 25.0 Å². The van der Waals surface area contributed by atoms with Gasteiger partial charge in [0.25, 0.3) is 0 Å². The first kappa shape index (κ1) is 54.3. The number of aromatic nitrogens is 5. The van der Waals surface area contributed by atoms with Gasteiger partial charge in [0.15, 0.2) is 16.9 Å². The molecule has 15 rings (SSSR count). The van der Waals surface area contributed by atoms with E-state index < -0.39 is 0 Å². The first-order chi connectivity index (χ1) is 40.6. The van der Waals surface area contributed by atoms with E-state index in [4.69, 9.17) is 13.9 Å². The van der Waals surface area contributed by atoms with Crippen LogP contribution in [0.2, 0.25) is 0 Å². The Morgan fingerprint density at radius 3 is 1.45 bits per heavy atom. The molecule has 409 valence electrons. The van der Waals surface area contributed by atoms with Crippen LogP contribution in [0.15, 0.2) is 263 Å². The predicted molar refractivity (Wildman–Crippen MR) is 337 cm³/mol. The van der Waals surface area contributed by atoms with Crippen LogP contribution in [0.4, 0.5) is 0 Å². The number of nitrogens with zero attached hydrogens (tertiary/aromatic N) is 5. The molecule has 1 N–H and O–H groups in total. The standard InChI is InChI=1S/C45H29N3O2.C24H17N2.C5H8O2.Ir/c1-28-10-22-35(23-11-28)48-40-24-20-33(29-12-16-31(17-13-29)44-46-38-6-2-4-8-42(38)49-44)26-36(40)37-27-34(21-25-41(37)48)30-14-18-32(19-15-30)45-47-39-7-3-5-9-43(39)50-45;1-17-11-13-22(25-16-17)18-12-14-24-21(15-18)20-9-5-6-10-23(20)26(24)19-7-3-2-4-8-19;1-4(6)3-5(2)7;/h2-27H,1H3;2-11,13-16H,1H3;3,6H,1-2H3;/q;-1;;. The van der Waals surface area contributed by atoms with Crippen molar-refractivity contribution in [2.75, 3.05) is 0 Å². The molecule has 0 aliphatic rings. The van der Waals surface area contributed by atoms with Gasteiger partial charge in [-0.1, -0.05) is 132 Å². The largest absolute Gasteiger partial charge is 0.512 e. The van der Waals surface area contributed by atoms with Crippen LogP contribution in [0, 0.1) is 19.9 Å². The summed E-state index contributed by atoms with van der Waals surface area (Å²) in [6.45, 7) is 7.03. The van der Waals surface area contributed by atoms with E-state index in [1.165, 1.54) is 63.6 Å². The SMILES string of the molecule is CC(=O)C=C(C)O.Cc1ccc(-c2[c-]cc3c(c2)c2ccccc2n3-c2ccccc2)nc1.Cc1ccc(-n2c3ccc(-c4ccc(-c5nc6ccccc6o5)cc4)cc3c3cc(-c4ccc(-c5nc6ccccc6o5)cc4)ccc32)cc1.[Ir]. The van der Waals surface area contributed by atoms with Gasteiger partial charge in [-0.25, -0.2) is 9.97 Å². The fourth-order valence-electron chi connectivity index (χ4n) is 10.8. The zero-order valence-corrected chi connectivity index (χ0v) is 48.8. The molecule has 0 aliphatic carbocycles. The number of ketones is 1. The molecular formula is C74H54IrN5O4-. The average Bonchev–Trinajstić information content (AvgIpc) is 3.44. The van der Waals surface area contributed by atoms with E-state index in [-0.39, 0.29) is 31.6 Å². The van der Waals surface area contributed by atoms with Crippen LogP contribution < -0.4 is 0 Å². The van der Waals surface area contributed by atoms with Crippen molar-refractivity contribution in [3.8, 4) is 67.8 Å². The number of hydrogen-bond acceptors (Lipinski definition) is 7. The third kappa shape index (κ3) is 10.9. The Bertz CT molecular complexity index is 4660. The molecule has 0 amide bonds. The first-order valence-corrected chi connectivity index (χ1v) is 27.5. The van der Waals surface area contributed by atoms with Crippen LogP contribution in [-0.4, -0.2) is 35.0 Å². The number of allylic oxidation sites excluding steroid dienone is 2. The number of carbonyl (C=O) groups is 1. The van der Waals surface area contributed by atoms with Crippen molar-refractivity contribution in [1.82, 2.24) is 24.1 Å². The van der Waals surface area contributed by atoms with Crippen molar-refractivity contribution >= 4 is 71.6 Å². The van der Waals surface area contributed by atoms with E-state index in [2.05, 4.69) is 226 Å². The molecule has 0 spiro atoms. The van der Waals surface area contributed by atoms with E-state index >= 15 is 0 Å². The Morgan fingerprint density at radius 2 is 0.929 bits per heavy atom. The number of carbonyl (C=O) groups excluding carboxylic acids is 1. The van der Waals surface area contributed by atoms with E-state index in [0.717, 1.165) is 89.3 Å². The smallest absolute Gasteiger partial charge is 0.227 e. The van der Waals surface area contributed by atoms with Gasteiger partial charge in [0, 0.05) is 71.2 Å². The Morgan fingerprint density at radius 1 is 0.464 bits per heavy atom. The van der Waals surface area contributed by atoms with Gasteiger partial charge >= 0.3 is 0 Å². The minimum absolute atomic E-state index is 0. The summed E-state index contributed by atoms with van der Waals surface area (Å²) in [5.74, 6) is 1.19. The molecule has 0 unspecified atom stereocenters. The molecule has 84 heavy (non-hydrogen) atoms. The second-order valence-corrected chi connectivity index (χ2v) is 20.7. The molecule has 15 aromatic rings. The molecule has 0 atom stereocenters. The van der Waals surface area contributed by atoms with Crippen molar-refractivity contribution in [3.63, 3.8) is 0 Å². The van der Waals surface area contributed by atoms with E-state index in [9.17, 15) is 4.79 Å². The summed E-state index contributed by atoms with van der Waals surface area (Å²) in [6.07, 6.45) is 3.07. The maximum atomic E-state index is 10.0. The molecule has 5 aromatic heterocycles. The maximum absolute atomic E-state index is 10.0. The van der Waals surface area contributed by atoms with Crippen molar-refractivity contribution in [3.05, 3.63) is 272 Å². The van der Waals surface area contributed by atoms with E-state index in [0.29, 0.717) is 11.8 Å². The fourth-order valence-corrected chi connectivity index (χ4v) is 10.8. The van der Waals surface area contributed by atoms with Gasteiger partial charge in [0.05, 0.1) is 16.8 Å². The molecule has 0 bridgehead atoms. The summed E-state index contributed by atoms with van der Waals surface area (Å²) in [5.41, 5.74) is 21.2. The molecule has 0 aliphatic heterocycles. The summed E-state index contributed by atoms with van der Waals surface area (Å²) < 4.78 is 16.7. The Hall–Kier alpha value is -10.3. The first-order valence-electron chi connectivity index (χ1n) is 27.5. The van der Waals surface area contributed by atoms with Gasteiger partial charge in [-0.3, -0.25) is 4.79 Å². The Balaban J connectivity index is 0.000000170. The minimum atomic E-state index is -0.125. The summed E-state index contributed by atoms with van der Waals surface area (Å²) in [7, 11) is 0. The normalized spacial score (nSPS) is 11.4. The molecular weight excluding hydrogens is 1220 g/mol. The van der Waals surface area contributed by atoms with Crippen molar-refractivity contribution in [2.45, 2.75) is 27.7 Å². The third-order valence-electron chi connectivity index (χ3n) is 14.8. The molecule has 1 radical (unpaired) electrons. The van der Waals surface area contributed by atoms with Crippen LogP contribution in [-0.2, 0) is 24.9 Å². The van der Waals surface area contributed by atoms with Gasteiger partial charge in [0.2, 0.25) is 11.8 Å². The molecule has 0 saturated carbocycles. The van der Waals surface area contributed by atoms with Crippen LogP contribution in [0.3, 0.4) is 0 Å². The number of fused-ring (bicyclic) bond motifs is 8. The zero-order chi connectivity index (χ0) is 56.6. The van der Waals surface area contributed by atoms with Gasteiger partial charge in [-0.05, 0) is 175 Å². The van der Waals surface area contributed by atoms with E-state index in [1.807, 2.05) is 60.8 Å². The van der Waals surface area contributed by atoms with Crippen molar-refractivity contribution < 1.29 is 38.8 Å². The molecule has 10 aromatic carbocycles. The van der Waals surface area contributed by atoms with Gasteiger partial charge < -0.3 is 28.1 Å². The summed E-state index contributed by atoms with van der Waals surface area (Å²) in [5, 5.41) is 13.2. The number of benzene rings is 10. The number of pyridine rings is 1. The number of para-hydroxylation sites is 6. The van der Waals surface area contributed by atoms with Gasteiger partial charge in [0.1, 0.15) is 11.0 Å². The van der Waals surface area contributed by atoms with Gasteiger partial charge in [-0.15, -0.1) is 23.8 Å². The van der Waals surface area contributed by atoms with Crippen LogP contribution in [0.25, 0.3) is 134 Å². The summed E-state index contributed by atoms with van der Waals surface area (Å²) in [4.78, 5) is 23.9. The van der Waals surface area contributed by atoms with Crippen molar-refractivity contribution in [1.29, 1.82) is 0 Å². The number of hydrogen-bond donors (Lipinski definition) is 1. The zero-order valence-electron chi connectivity index (χ0n) is 46.4. The minimum Gasteiger partial charge on any atom is -0.512 e. The quantitative estimate of drug-likeness (QED) is 0.0916. The van der Waals surface area contributed by atoms with Crippen LogP contribution >= 0.6 is 0 Å². The predicted octanol–water partition coefficient (Wildman–Crippen LogP) is 19.0. The molecule has 5 heterocycles. The maximum Gasteiger partial charge on any atom is 0.227 e. The number of aliphatic hydroxyl groups excluding tert-OH is 1. The second kappa shape index (κ2) is 23.3. The van der Waals surface area contributed by atoms with Gasteiger partial charge in [-0.2, -0.15) is 0 Å².